The number of amides is 1. The number of fused-ring (bicyclic) bond motifs is 1. The molecule has 0 atom stereocenters. The van der Waals surface area contributed by atoms with Crippen LogP contribution in [-0.4, -0.2) is 25.2 Å². The lowest BCUT2D eigenvalue weighted by atomic mass is 10.1. The maximum Gasteiger partial charge on any atom is 0.271 e. The minimum atomic E-state index is -0.233. The Kier molecular flexibility index (Phi) is 7.09. The summed E-state index contributed by atoms with van der Waals surface area (Å²) in [6.45, 7) is 2.64. The van der Waals surface area contributed by atoms with Gasteiger partial charge in [-0.2, -0.15) is 5.10 Å². The summed E-state index contributed by atoms with van der Waals surface area (Å²) in [4.78, 5) is 14.8. The quantitative estimate of drug-likeness (QED) is 0.219. The molecule has 1 saturated heterocycles. The molecule has 0 spiro atoms. The lowest BCUT2D eigenvalue weighted by molar-refractivity contribution is 0.0955. The van der Waals surface area contributed by atoms with Crippen molar-refractivity contribution in [3.8, 4) is 5.75 Å². The Morgan fingerprint density at radius 1 is 0.943 bits per heavy atom. The van der Waals surface area contributed by atoms with Crippen molar-refractivity contribution in [2.75, 3.05) is 18.0 Å². The van der Waals surface area contributed by atoms with Crippen molar-refractivity contribution in [2.45, 2.75) is 19.4 Å². The van der Waals surface area contributed by atoms with Gasteiger partial charge in [0.2, 0.25) is 0 Å². The van der Waals surface area contributed by atoms with Gasteiger partial charge < -0.3 is 9.64 Å². The molecule has 5 rings (SSSR count). The van der Waals surface area contributed by atoms with E-state index in [1.54, 1.807) is 6.21 Å². The highest BCUT2D eigenvalue weighted by atomic mass is 79.9. The molecule has 0 radical (unpaired) electrons. The van der Waals surface area contributed by atoms with E-state index in [2.05, 4.69) is 61.7 Å². The molecule has 0 bridgehead atoms. The zero-order valence-electron chi connectivity index (χ0n) is 19.3. The van der Waals surface area contributed by atoms with Gasteiger partial charge in [-0.25, -0.2) is 5.43 Å². The number of benzene rings is 4. The van der Waals surface area contributed by atoms with Crippen molar-refractivity contribution >= 4 is 44.5 Å². The average Bonchev–Trinajstić information content (AvgIpc) is 3.43. The summed E-state index contributed by atoms with van der Waals surface area (Å²) in [5.74, 6) is 0.515. The van der Waals surface area contributed by atoms with E-state index in [1.807, 2.05) is 54.6 Å². The number of nitrogens with one attached hydrogen (secondary N) is 1. The highest BCUT2D eigenvalue weighted by molar-refractivity contribution is 9.10. The number of carbonyl (C=O) groups is 1. The maximum atomic E-state index is 12.4. The van der Waals surface area contributed by atoms with Crippen molar-refractivity contribution in [3.05, 3.63) is 106 Å². The van der Waals surface area contributed by atoms with Crippen LogP contribution in [0.3, 0.4) is 0 Å². The Balaban J connectivity index is 1.16. The topological polar surface area (TPSA) is 53.9 Å². The second-order valence-electron chi connectivity index (χ2n) is 8.60. The molecule has 35 heavy (non-hydrogen) atoms. The molecule has 1 fully saturated rings. The number of anilines is 1. The van der Waals surface area contributed by atoms with E-state index in [4.69, 9.17) is 4.74 Å². The second-order valence-corrected chi connectivity index (χ2v) is 9.45. The first kappa shape index (κ1) is 23.1. The molecule has 0 saturated carbocycles. The molecular formula is C29H26BrN3O2. The van der Waals surface area contributed by atoms with Gasteiger partial charge in [0.25, 0.3) is 5.91 Å². The van der Waals surface area contributed by atoms with Crippen LogP contribution >= 0.6 is 15.9 Å². The molecule has 0 aliphatic carbocycles. The van der Waals surface area contributed by atoms with E-state index in [0.717, 1.165) is 40.1 Å². The molecule has 4 aromatic carbocycles. The number of nitrogens with zero attached hydrogens (tertiary/aromatic N) is 2. The molecule has 1 amide bonds. The average molecular weight is 528 g/mol. The van der Waals surface area contributed by atoms with Crippen LogP contribution in [0, 0.1) is 0 Å². The Hall–Kier alpha value is -3.64. The molecule has 0 aromatic heterocycles. The number of hydrogen-bond donors (Lipinski definition) is 1. The summed E-state index contributed by atoms with van der Waals surface area (Å²) < 4.78 is 6.83. The lowest BCUT2D eigenvalue weighted by Gasteiger charge is -2.17. The van der Waals surface area contributed by atoms with Crippen molar-refractivity contribution in [2.24, 2.45) is 5.10 Å². The van der Waals surface area contributed by atoms with Gasteiger partial charge in [-0.1, -0.05) is 36.4 Å². The molecule has 6 heteroatoms. The molecule has 176 valence electrons. The number of halogens is 1. The van der Waals surface area contributed by atoms with Crippen LogP contribution in [0.2, 0.25) is 0 Å². The van der Waals surface area contributed by atoms with Crippen molar-refractivity contribution in [3.63, 3.8) is 0 Å². The fraction of sp³-hybridized carbons (Fsp3) is 0.172. The third kappa shape index (κ3) is 5.72. The summed E-state index contributed by atoms with van der Waals surface area (Å²) in [5.41, 5.74) is 6.31. The van der Waals surface area contributed by atoms with Gasteiger partial charge >= 0.3 is 0 Å². The number of hydrogen-bond acceptors (Lipinski definition) is 4. The molecule has 1 aliphatic heterocycles. The summed E-state index contributed by atoms with van der Waals surface area (Å²) in [6.07, 6.45) is 4.07. The van der Waals surface area contributed by atoms with Gasteiger partial charge in [0.05, 0.1) is 10.7 Å². The molecule has 1 aliphatic rings. The van der Waals surface area contributed by atoms with Gasteiger partial charge in [0, 0.05) is 24.3 Å². The Morgan fingerprint density at radius 3 is 2.49 bits per heavy atom. The van der Waals surface area contributed by atoms with Crippen LogP contribution in [-0.2, 0) is 6.61 Å². The molecule has 5 nitrogen and oxygen atoms in total. The van der Waals surface area contributed by atoms with E-state index in [0.29, 0.717) is 12.2 Å². The Morgan fingerprint density at radius 2 is 1.71 bits per heavy atom. The van der Waals surface area contributed by atoms with Crippen molar-refractivity contribution in [1.82, 2.24) is 5.43 Å². The molecular weight excluding hydrogens is 502 g/mol. The monoisotopic (exact) mass is 527 g/mol. The number of rotatable bonds is 7. The van der Waals surface area contributed by atoms with E-state index in [-0.39, 0.29) is 5.91 Å². The van der Waals surface area contributed by atoms with Crippen molar-refractivity contribution in [1.29, 1.82) is 0 Å². The summed E-state index contributed by atoms with van der Waals surface area (Å²) in [5, 5.41) is 6.53. The zero-order chi connectivity index (χ0) is 24.0. The minimum absolute atomic E-state index is 0.233. The number of hydrazone groups is 1. The van der Waals surface area contributed by atoms with E-state index in [9.17, 15) is 4.79 Å². The lowest BCUT2D eigenvalue weighted by Crippen LogP contribution is -2.19. The second kappa shape index (κ2) is 10.7. The number of ether oxygens (including phenoxy) is 1. The van der Waals surface area contributed by atoms with Crippen LogP contribution in [0.5, 0.6) is 5.75 Å². The zero-order valence-corrected chi connectivity index (χ0v) is 20.9. The largest absolute Gasteiger partial charge is 0.488 e. The fourth-order valence-electron chi connectivity index (χ4n) is 4.23. The fourth-order valence-corrected chi connectivity index (χ4v) is 4.74. The number of carbonyl (C=O) groups excluding carboxylic acids is 1. The predicted molar refractivity (Wildman–Crippen MR) is 145 cm³/mol. The van der Waals surface area contributed by atoms with Crippen LogP contribution in [0.4, 0.5) is 5.69 Å². The Labute approximate surface area is 213 Å². The SMILES string of the molecule is O=C(N/N=C\c1ccc(OCc2ccc3ccccc3c2)c(Br)c1)c1ccc(N2CCCC2)cc1. The highest BCUT2D eigenvalue weighted by Crippen LogP contribution is 2.27. The summed E-state index contributed by atoms with van der Waals surface area (Å²) in [6, 6.07) is 28.0. The summed E-state index contributed by atoms with van der Waals surface area (Å²) >= 11 is 3.57. The first-order valence-corrected chi connectivity index (χ1v) is 12.5. The van der Waals surface area contributed by atoms with Crippen LogP contribution in [0.15, 0.2) is 94.5 Å². The van der Waals surface area contributed by atoms with Crippen LogP contribution < -0.4 is 15.1 Å². The maximum absolute atomic E-state index is 12.4. The first-order valence-electron chi connectivity index (χ1n) is 11.7. The van der Waals surface area contributed by atoms with E-state index >= 15 is 0 Å². The third-order valence-electron chi connectivity index (χ3n) is 6.14. The standard InChI is InChI=1S/C29H26BrN3O2/c30-27-18-21(8-14-28(27)35-20-22-7-9-23-5-1-2-6-25(23)17-22)19-31-32-29(34)24-10-12-26(13-11-24)33-15-3-4-16-33/h1-2,5-14,17-19H,3-4,15-16,20H2,(H,32,34)/b31-19-. The molecule has 1 heterocycles. The van der Waals surface area contributed by atoms with Gasteiger partial charge in [0.1, 0.15) is 12.4 Å². The molecule has 1 N–H and O–H groups in total. The third-order valence-corrected chi connectivity index (χ3v) is 6.76. The van der Waals surface area contributed by atoms with Gasteiger partial charge in [-0.15, -0.1) is 0 Å². The van der Waals surface area contributed by atoms with Gasteiger partial charge in [-0.3, -0.25) is 4.79 Å². The van der Waals surface area contributed by atoms with Crippen molar-refractivity contribution < 1.29 is 9.53 Å². The molecule has 0 unspecified atom stereocenters. The first-order chi connectivity index (χ1) is 17.2. The minimum Gasteiger partial charge on any atom is -0.488 e. The normalized spacial score (nSPS) is 13.5. The summed E-state index contributed by atoms with van der Waals surface area (Å²) in [7, 11) is 0. The molecule has 4 aromatic rings. The predicted octanol–water partition coefficient (Wildman–Crippen LogP) is 6.55. The Bertz CT molecular complexity index is 1360. The highest BCUT2D eigenvalue weighted by Gasteiger charge is 2.13. The van der Waals surface area contributed by atoms with Crippen LogP contribution in [0.25, 0.3) is 10.8 Å². The van der Waals surface area contributed by atoms with E-state index in [1.165, 1.54) is 23.6 Å². The van der Waals surface area contributed by atoms with Gasteiger partial charge in [-0.05, 0) is 99.2 Å². The van der Waals surface area contributed by atoms with E-state index < -0.39 is 0 Å². The van der Waals surface area contributed by atoms with Gasteiger partial charge in [0.15, 0.2) is 0 Å². The van der Waals surface area contributed by atoms with Crippen LogP contribution in [0.1, 0.15) is 34.3 Å². The smallest absolute Gasteiger partial charge is 0.271 e.